The summed E-state index contributed by atoms with van der Waals surface area (Å²) >= 11 is 0. The molecule has 0 radical (unpaired) electrons. The van der Waals surface area contributed by atoms with Crippen molar-refractivity contribution in [3.63, 3.8) is 0 Å². The van der Waals surface area contributed by atoms with E-state index in [-0.39, 0.29) is 24.7 Å². The molecule has 0 saturated carbocycles. The highest BCUT2D eigenvalue weighted by atomic mass is 16.2. The van der Waals surface area contributed by atoms with Crippen LogP contribution in [-0.2, 0) is 9.59 Å². The van der Waals surface area contributed by atoms with E-state index in [1.807, 2.05) is 24.3 Å². The van der Waals surface area contributed by atoms with Gasteiger partial charge >= 0.3 is 0 Å². The van der Waals surface area contributed by atoms with E-state index in [9.17, 15) is 9.59 Å². The maximum atomic E-state index is 11.7. The first-order chi connectivity index (χ1) is 8.25. The average molecular weight is 226 g/mol. The number of benzene rings is 1. The fraction of sp³-hybridized carbons (Fsp3) is 0.154. The lowest BCUT2D eigenvalue weighted by Gasteiger charge is -2.16. The Morgan fingerprint density at radius 2 is 1.94 bits per heavy atom. The summed E-state index contributed by atoms with van der Waals surface area (Å²) in [6, 6.07) is 7.70. The van der Waals surface area contributed by atoms with E-state index in [0.29, 0.717) is 0 Å². The van der Waals surface area contributed by atoms with Crippen LogP contribution in [0.15, 0.2) is 36.7 Å². The Kier molecular flexibility index (Phi) is 2.14. The molecular formula is C13H10N2O2. The van der Waals surface area contributed by atoms with Gasteiger partial charge in [-0.25, -0.2) is 0 Å². The van der Waals surface area contributed by atoms with E-state index in [0.717, 1.165) is 16.5 Å². The molecule has 84 valence electrons. The van der Waals surface area contributed by atoms with Crippen molar-refractivity contribution in [3.8, 4) is 0 Å². The minimum atomic E-state index is -0.145. The molecule has 3 rings (SSSR count). The molecule has 1 fully saturated rings. The first-order valence-electron chi connectivity index (χ1n) is 5.40. The van der Waals surface area contributed by atoms with Gasteiger partial charge in [-0.3, -0.25) is 14.6 Å². The van der Waals surface area contributed by atoms with E-state index in [1.54, 1.807) is 12.4 Å². The number of carbonyl (C=O) groups is 2. The zero-order valence-corrected chi connectivity index (χ0v) is 9.09. The Labute approximate surface area is 97.9 Å². The van der Waals surface area contributed by atoms with Gasteiger partial charge in [-0.1, -0.05) is 24.3 Å². The number of aromatic nitrogens is 1. The van der Waals surface area contributed by atoms with Crippen LogP contribution in [0.5, 0.6) is 0 Å². The summed E-state index contributed by atoms with van der Waals surface area (Å²) in [6.07, 6.45) is 3.39. The summed E-state index contributed by atoms with van der Waals surface area (Å²) in [6.45, 7) is 0.161. The number of ketones is 1. The zero-order chi connectivity index (χ0) is 11.8. The molecule has 2 aromatic rings. The molecule has 4 heteroatoms. The summed E-state index contributed by atoms with van der Waals surface area (Å²) in [7, 11) is 0. The number of rotatable bonds is 1. The van der Waals surface area contributed by atoms with Crippen LogP contribution in [0.1, 0.15) is 6.42 Å². The van der Waals surface area contributed by atoms with Gasteiger partial charge in [0.05, 0.1) is 24.8 Å². The van der Waals surface area contributed by atoms with Gasteiger partial charge in [0, 0.05) is 17.0 Å². The number of hydrogen-bond donors (Lipinski definition) is 0. The summed E-state index contributed by atoms with van der Waals surface area (Å²) in [5.74, 6) is -0.184. The first-order valence-corrected chi connectivity index (χ1v) is 5.40. The summed E-state index contributed by atoms with van der Waals surface area (Å²) in [5, 5.41) is 1.92. The molecule has 1 saturated heterocycles. The third-order valence-electron chi connectivity index (χ3n) is 2.92. The van der Waals surface area contributed by atoms with Gasteiger partial charge in [0.2, 0.25) is 5.91 Å². The third kappa shape index (κ3) is 1.58. The standard InChI is InChI=1S/C13H10N2O2/c16-10-5-13(17)15(8-10)12-7-14-6-9-3-1-2-4-11(9)12/h1-4,6-7H,5,8H2. The van der Waals surface area contributed by atoms with Crippen molar-refractivity contribution < 1.29 is 9.59 Å². The second kappa shape index (κ2) is 3.66. The highest BCUT2D eigenvalue weighted by Gasteiger charge is 2.29. The van der Waals surface area contributed by atoms with Crippen molar-refractivity contribution in [2.45, 2.75) is 6.42 Å². The lowest BCUT2D eigenvalue weighted by Crippen LogP contribution is -2.24. The normalized spacial score (nSPS) is 15.9. The number of anilines is 1. The average Bonchev–Trinajstić information content (AvgIpc) is 2.68. The van der Waals surface area contributed by atoms with Crippen LogP contribution in [-0.4, -0.2) is 23.2 Å². The van der Waals surface area contributed by atoms with Crippen LogP contribution in [0.25, 0.3) is 10.8 Å². The Morgan fingerprint density at radius 1 is 1.12 bits per heavy atom. The minimum Gasteiger partial charge on any atom is -0.302 e. The van der Waals surface area contributed by atoms with E-state index < -0.39 is 0 Å². The number of fused-ring (bicyclic) bond motifs is 1. The van der Waals surface area contributed by atoms with Crippen LogP contribution in [0.2, 0.25) is 0 Å². The van der Waals surface area contributed by atoms with Gasteiger partial charge in [0.15, 0.2) is 5.78 Å². The van der Waals surface area contributed by atoms with Gasteiger partial charge in [-0.15, -0.1) is 0 Å². The molecule has 17 heavy (non-hydrogen) atoms. The summed E-state index contributed by atoms with van der Waals surface area (Å²) < 4.78 is 0. The molecule has 0 spiro atoms. The fourth-order valence-corrected chi connectivity index (χ4v) is 2.12. The van der Waals surface area contributed by atoms with Gasteiger partial charge in [0.1, 0.15) is 0 Å². The van der Waals surface area contributed by atoms with E-state index in [4.69, 9.17) is 0 Å². The van der Waals surface area contributed by atoms with Crippen LogP contribution in [0, 0.1) is 0 Å². The molecule has 1 aromatic heterocycles. The van der Waals surface area contributed by atoms with Crippen LogP contribution in [0.4, 0.5) is 5.69 Å². The topological polar surface area (TPSA) is 50.3 Å². The maximum Gasteiger partial charge on any atom is 0.234 e. The number of Topliss-reactive ketones (excluding diaryl/α,β-unsaturated/α-hetero) is 1. The Morgan fingerprint density at radius 3 is 2.71 bits per heavy atom. The van der Waals surface area contributed by atoms with Crippen molar-refractivity contribution in [2.75, 3.05) is 11.4 Å². The van der Waals surface area contributed by atoms with Gasteiger partial charge in [-0.2, -0.15) is 0 Å². The molecular weight excluding hydrogens is 216 g/mol. The lowest BCUT2D eigenvalue weighted by atomic mass is 10.1. The Balaban J connectivity index is 2.17. The summed E-state index contributed by atoms with van der Waals surface area (Å²) in [5.41, 5.74) is 0.721. The third-order valence-corrected chi connectivity index (χ3v) is 2.92. The highest BCUT2D eigenvalue weighted by Crippen LogP contribution is 2.27. The largest absolute Gasteiger partial charge is 0.302 e. The molecule has 2 heterocycles. The monoisotopic (exact) mass is 226 g/mol. The molecule has 0 unspecified atom stereocenters. The van der Waals surface area contributed by atoms with Gasteiger partial charge in [-0.05, 0) is 0 Å². The quantitative estimate of drug-likeness (QED) is 0.693. The minimum absolute atomic E-state index is 0.00320. The predicted molar refractivity (Wildman–Crippen MR) is 63.7 cm³/mol. The van der Waals surface area contributed by atoms with Crippen molar-refractivity contribution in [1.82, 2.24) is 4.98 Å². The lowest BCUT2D eigenvalue weighted by molar-refractivity contribution is -0.121. The molecule has 0 N–H and O–H groups in total. The molecule has 1 aliphatic heterocycles. The summed E-state index contributed by atoms with van der Waals surface area (Å²) in [4.78, 5) is 28.6. The van der Waals surface area contributed by atoms with Crippen LogP contribution in [0.3, 0.4) is 0 Å². The van der Waals surface area contributed by atoms with Crippen LogP contribution < -0.4 is 4.90 Å². The van der Waals surface area contributed by atoms with Gasteiger partial charge < -0.3 is 4.90 Å². The molecule has 4 nitrogen and oxygen atoms in total. The molecule has 0 bridgehead atoms. The molecule has 1 aliphatic rings. The van der Waals surface area contributed by atoms with E-state index in [1.165, 1.54) is 4.90 Å². The molecule has 0 atom stereocenters. The predicted octanol–water partition coefficient (Wildman–Crippen LogP) is 1.54. The number of hydrogen-bond acceptors (Lipinski definition) is 3. The zero-order valence-electron chi connectivity index (χ0n) is 9.09. The molecule has 1 amide bonds. The van der Waals surface area contributed by atoms with E-state index >= 15 is 0 Å². The first kappa shape index (κ1) is 9.96. The van der Waals surface area contributed by atoms with Crippen molar-refractivity contribution in [1.29, 1.82) is 0 Å². The SMILES string of the molecule is O=C1CC(=O)N(c2cncc3ccccc23)C1. The molecule has 0 aliphatic carbocycles. The second-order valence-corrected chi connectivity index (χ2v) is 4.08. The highest BCUT2D eigenvalue weighted by molar-refractivity contribution is 6.17. The smallest absolute Gasteiger partial charge is 0.234 e. The number of amides is 1. The van der Waals surface area contributed by atoms with Crippen molar-refractivity contribution in [2.24, 2.45) is 0 Å². The Hall–Kier alpha value is -2.23. The molecule has 1 aromatic carbocycles. The number of pyridine rings is 1. The second-order valence-electron chi connectivity index (χ2n) is 4.08. The Bertz CT molecular complexity index is 616. The van der Waals surface area contributed by atoms with Crippen molar-refractivity contribution in [3.05, 3.63) is 36.7 Å². The fourth-order valence-electron chi connectivity index (χ4n) is 2.12. The number of carbonyl (C=O) groups excluding carboxylic acids is 2. The van der Waals surface area contributed by atoms with Crippen molar-refractivity contribution >= 4 is 28.2 Å². The van der Waals surface area contributed by atoms with Gasteiger partial charge in [0.25, 0.3) is 0 Å². The number of nitrogens with zero attached hydrogens (tertiary/aromatic N) is 2. The maximum absolute atomic E-state index is 11.7. The van der Waals surface area contributed by atoms with Crippen LogP contribution >= 0.6 is 0 Å². The van der Waals surface area contributed by atoms with E-state index in [2.05, 4.69) is 4.98 Å².